The molecule has 0 bridgehead atoms. The van der Waals surface area contributed by atoms with Crippen LogP contribution in [0, 0.1) is 0 Å². The first-order chi connectivity index (χ1) is 8.33. The molecule has 0 amide bonds. The van der Waals surface area contributed by atoms with Crippen molar-refractivity contribution in [2.75, 3.05) is 26.2 Å². The maximum Gasteiger partial charge on any atom is 0.191 e. The molecule has 1 aliphatic heterocycles. The molecule has 2 N–H and O–H groups in total. The summed E-state index contributed by atoms with van der Waals surface area (Å²) in [5.74, 6) is 0.790. The van der Waals surface area contributed by atoms with Crippen LogP contribution in [-0.2, 0) is 0 Å². The van der Waals surface area contributed by atoms with Gasteiger partial charge in [0.1, 0.15) is 0 Å². The molecule has 0 aromatic heterocycles. The van der Waals surface area contributed by atoms with E-state index in [-0.39, 0.29) is 0 Å². The number of guanidine groups is 1. The SMILES string of the molecule is NC(=NC1CC1)N1CCN(C2CCCC2)CC1. The highest BCUT2D eigenvalue weighted by molar-refractivity contribution is 5.78. The molecule has 17 heavy (non-hydrogen) atoms. The fourth-order valence-corrected chi connectivity index (χ4v) is 3.06. The van der Waals surface area contributed by atoms with E-state index in [0.717, 1.165) is 25.1 Å². The van der Waals surface area contributed by atoms with Crippen molar-refractivity contribution in [3.05, 3.63) is 0 Å². The largest absolute Gasteiger partial charge is 0.370 e. The topological polar surface area (TPSA) is 44.9 Å². The van der Waals surface area contributed by atoms with Crippen molar-refractivity contribution >= 4 is 5.96 Å². The lowest BCUT2D eigenvalue weighted by atomic mass is 10.2. The number of nitrogens with zero attached hydrogens (tertiary/aromatic N) is 3. The average Bonchev–Trinajstić information content (AvgIpc) is 3.00. The van der Waals surface area contributed by atoms with Crippen molar-refractivity contribution in [1.82, 2.24) is 9.80 Å². The van der Waals surface area contributed by atoms with E-state index in [2.05, 4.69) is 14.8 Å². The van der Waals surface area contributed by atoms with Crippen LogP contribution in [0.5, 0.6) is 0 Å². The highest BCUT2D eigenvalue weighted by atomic mass is 15.3. The van der Waals surface area contributed by atoms with Gasteiger partial charge in [0.25, 0.3) is 0 Å². The van der Waals surface area contributed by atoms with Crippen LogP contribution in [0.25, 0.3) is 0 Å². The van der Waals surface area contributed by atoms with Crippen LogP contribution in [0.3, 0.4) is 0 Å². The van der Waals surface area contributed by atoms with Crippen molar-refractivity contribution in [2.45, 2.75) is 50.6 Å². The lowest BCUT2D eigenvalue weighted by molar-refractivity contribution is 0.133. The molecule has 0 aromatic carbocycles. The molecular weight excluding hydrogens is 212 g/mol. The zero-order chi connectivity index (χ0) is 11.7. The number of hydrogen-bond acceptors (Lipinski definition) is 2. The lowest BCUT2D eigenvalue weighted by Crippen LogP contribution is -2.53. The Bertz CT molecular complexity index is 284. The van der Waals surface area contributed by atoms with Crippen molar-refractivity contribution < 1.29 is 0 Å². The number of nitrogens with two attached hydrogens (primary N) is 1. The Kier molecular flexibility index (Phi) is 3.23. The smallest absolute Gasteiger partial charge is 0.191 e. The molecule has 2 aliphatic carbocycles. The first kappa shape index (κ1) is 11.3. The molecule has 1 heterocycles. The summed E-state index contributed by atoms with van der Waals surface area (Å²) in [6, 6.07) is 1.40. The van der Waals surface area contributed by atoms with Crippen LogP contribution in [-0.4, -0.2) is 54.0 Å². The third-order valence-corrected chi connectivity index (χ3v) is 4.34. The molecular formula is C13H24N4. The van der Waals surface area contributed by atoms with Crippen LogP contribution >= 0.6 is 0 Å². The molecule has 0 radical (unpaired) electrons. The minimum Gasteiger partial charge on any atom is -0.370 e. The number of piperazine rings is 1. The van der Waals surface area contributed by atoms with E-state index in [1.165, 1.54) is 51.6 Å². The molecule has 4 nitrogen and oxygen atoms in total. The van der Waals surface area contributed by atoms with Gasteiger partial charge in [-0.05, 0) is 25.7 Å². The molecule has 96 valence electrons. The Hall–Kier alpha value is -0.770. The summed E-state index contributed by atoms with van der Waals surface area (Å²) in [5, 5.41) is 0. The van der Waals surface area contributed by atoms with Gasteiger partial charge in [-0.3, -0.25) is 4.90 Å². The van der Waals surface area contributed by atoms with Crippen LogP contribution in [0.1, 0.15) is 38.5 Å². The number of aliphatic imine (C=N–C) groups is 1. The summed E-state index contributed by atoms with van der Waals surface area (Å²) >= 11 is 0. The Morgan fingerprint density at radius 3 is 2.18 bits per heavy atom. The maximum atomic E-state index is 6.05. The molecule has 0 spiro atoms. The van der Waals surface area contributed by atoms with E-state index in [9.17, 15) is 0 Å². The van der Waals surface area contributed by atoms with Crippen molar-refractivity contribution in [2.24, 2.45) is 10.7 Å². The fraction of sp³-hybridized carbons (Fsp3) is 0.923. The zero-order valence-electron chi connectivity index (χ0n) is 10.6. The van der Waals surface area contributed by atoms with Gasteiger partial charge in [-0.25, -0.2) is 4.99 Å². The second kappa shape index (κ2) is 4.84. The minimum absolute atomic E-state index is 0.544. The highest BCUT2D eigenvalue weighted by Gasteiger charge is 2.27. The first-order valence-corrected chi connectivity index (χ1v) is 7.15. The van der Waals surface area contributed by atoms with Gasteiger partial charge in [0.15, 0.2) is 5.96 Å². The predicted octanol–water partition coefficient (Wildman–Crippen LogP) is 1.02. The van der Waals surface area contributed by atoms with Gasteiger partial charge in [0.2, 0.25) is 0 Å². The van der Waals surface area contributed by atoms with Gasteiger partial charge in [-0.1, -0.05) is 12.8 Å². The van der Waals surface area contributed by atoms with Gasteiger partial charge in [-0.2, -0.15) is 0 Å². The molecule has 0 unspecified atom stereocenters. The van der Waals surface area contributed by atoms with E-state index in [4.69, 9.17) is 5.73 Å². The third-order valence-electron chi connectivity index (χ3n) is 4.34. The monoisotopic (exact) mass is 236 g/mol. The molecule has 3 aliphatic rings. The fourth-order valence-electron chi connectivity index (χ4n) is 3.06. The normalized spacial score (nSPS) is 28.9. The van der Waals surface area contributed by atoms with E-state index >= 15 is 0 Å². The quantitative estimate of drug-likeness (QED) is 0.575. The number of rotatable bonds is 2. The van der Waals surface area contributed by atoms with Gasteiger partial charge >= 0.3 is 0 Å². The highest BCUT2D eigenvalue weighted by Crippen LogP contribution is 2.25. The molecule has 3 rings (SSSR count). The van der Waals surface area contributed by atoms with Crippen LogP contribution in [0.15, 0.2) is 4.99 Å². The summed E-state index contributed by atoms with van der Waals surface area (Å²) in [4.78, 5) is 9.46. The third kappa shape index (κ3) is 2.73. The molecule has 4 heteroatoms. The molecule has 1 saturated heterocycles. The summed E-state index contributed by atoms with van der Waals surface area (Å²) in [6.07, 6.45) is 8.15. The maximum absolute atomic E-state index is 6.05. The predicted molar refractivity (Wildman–Crippen MR) is 70.0 cm³/mol. The summed E-state index contributed by atoms with van der Waals surface area (Å²) in [5.41, 5.74) is 6.05. The molecule has 2 saturated carbocycles. The Morgan fingerprint density at radius 1 is 0.941 bits per heavy atom. The van der Waals surface area contributed by atoms with Crippen molar-refractivity contribution in [1.29, 1.82) is 0 Å². The zero-order valence-corrected chi connectivity index (χ0v) is 10.6. The van der Waals surface area contributed by atoms with Crippen LogP contribution in [0.2, 0.25) is 0 Å². The van der Waals surface area contributed by atoms with Gasteiger partial charge < -0.3 is 10.6 Å². The van der Waals surface area contributed by atoms with Crippen LogP contribution in [0.4, 0.5) is 0 Å². The Labute approximate surface area is 104 Å². The van der Waals surface area contributed by atoms with Crippen LogP contribution < -0.4 is 5.73 Å². The second-order valence-corrected chi connectivity index (χ2v) is 5.68. The van der Waals surface area contributed by atoms with Gasteiger partial charge in [-0.15, -0.1) is 0 Å². The van der Waals surface area contributed by atoms with E-state index < -0.39 is 0 Å². The molecule has 0 aromatic rings. The Balaban J connectivity index is 1.49. The molecule has 0 atom stereocenters. The lowest BCUT2D eigenvalue weighted by Gasteiger charge is -2.38. The van der Waals surface area contributed by atoms with E-state index in [0.29, 0.717) is 6.04 Å². The van der Waals surface area contributed by atoms with E-state index in [1.54, 1.807) is 0 Å². The van der Waals surface area contributed by atoms with Crippen molar-refractivity contribution in [3.8, 4) is 0 Å². The summed E-state index contributed by atoms with van der Waals surface area (Å²) < 4.78 is 0. The summed E-state index contributed by atoms with van der Waals surface area (Å²) in [7, 11) is 0. The van der Waals surface area contributed by atoms with E-state index in [1.807, 2.05) is 0 Å². The second-order valence-electron chi connectivity index (χ2n) is 5.68. The number of hydrogen-bond donors (Lipinski definition) is 1. The molecule has 3 fully saturated rings. The standard InChI is InChI=1S/C13H24N4/c14-13(15-11-5-6-11)17-9-7-16(8-10-17)12-3-1-2-4-12/h11-12H,1-10H2,(H2,14,15). The Morgan fingerprint density at radius 2 is 1.59 bits per heavy atom. The van der Waals surface area contributed by atoms with Gasteiger partial charge in [0.05, 0.1) is 6.04 Å². The minimum atomic E-state index is 0.544. The summed E-state index contributed by atoms with van der Waals surface area (Å²) in [6.45, 7) is 4.48. The average molecular weight is 236 g/mol. The van der Waals surface area contributed by atoms with Crippen molar-refractivity contribution in [3.63, 3.8) is 0 Å². The first-order valence-electron chi connectivity index (χ1n) is 7.15. The van der Waals surface area contributed by atoms with Gasteiger partial charge in [0, 0.05) is 32.2 Å².